The van der Waals surface area contributed by atoms with E-state index in [1.165, 1.54) is 70.6 Å². The van der Waals surface area contributed by atoms with E-state index in [4.69, 9.17) is 4.74 Å². The molecule has 0 aromatic rings. The quantitative estimate of drug-likeness (QED) is 0.828. The summed E-state index contributed by atoms with van der Waals surface area (Å²) in [7, 11) is 0. The van der Waals surface area contributed by atoms with Crippen molar-refractivity contribution in [1.82, 2.24) is 5.32 Å². The van der Waals surface area contributed by atoms with Crippen LogP contribution in [-0.2, 0) is 4.74 Å². The highest BCUT2D eigenvalue weighted by atomic mass is 16.5. The minimum Gasteiger partial charge on any atom is -0.370 e. The van der Waals surface area contributed by atoms with Crippen LogP contribution in [0.4, 0.5) is 0 Å². The Bertz CT molecular complexity index is 285. The second kappa shape index (κ2) is 6.13. The monoisotopic (exact) mass is 265 g/mol. The van der Waals surface area contributed by atoms with Crippen molar-refractivity contribution >= 4 is 0 Å². The Morgan fingerprint density at radius 1 is 1.00 bits per heavy atom. The number of hydrogen-bond donors (Lipinski definition) is 1. The molecule has 2 heteroatoms. The van der Waals surface area contributed by atoms with Gasteiger partial charge in [-0.2, -0.15) is 0 Å². The molecule has 110 valence electrons. The topological polar surface area (TPSA) is 21.3 Å². The standard InChI is InChI=1S/C17H31NO/c1-2-14-7-3-4-8-16(14)18-13-15-9-12-17(19-15)10-5-6-11-17/h14-16,18H,2-13H2,1H3. The van der Waals surface area contributed by atoms with Gasteiger partial charge in [0.25, 0.3) is 0 Å². The number of rotatable bonds is 4. The van der Waals surface area contributed by atoms with Gasteiger partial charge in [-0.1, -0.05) is 39.0 Å². The Kier molecular flexibility index (Phi) is 4.48. The summed E-state index contributed by atoms with van der Waals surface area (Å²) in [6, 6.07) is 0.766. The maximum absolute atomic E-state index is 6.41. The van der Waals surface area contributed by atoms with Gasteiger partial charge < -0.3 is 10.1 Å². The van der Waals surface area contributed by atoms with E-state index in [1.54, 1.807) is 0 Å². The van der Waals surface area contributed by atoms with Crippen molar-refractivity contribution < 1.29 is 4.74 Å². The molecule has 2 saturated carbocycles. The van der Waals surface area contributed by atoms with Crippen LogP contribution in [-0.4, -0.2) is 24.3 Å². The second-order valence-electron chi connectivity index (χ2n) is 7.14. The molecule has 0 bridgehead atoms. The number of ether oxygens (including phenoxy) is 1. The zero-order chi connectivity index (χ0) is 13.1. The fourth-order valence-corrected chi connectivity index (χ4v) is 4.67. The molecule has 1 spiro atoms. The van der Waals surface area contributed by atoms with Crippen LogP contribution in [0.2, 0.25) is 0 Å². The average Bonchev–Trinajstić information content (AvgIpc) is 3.07. The van der Waals surface area contributed by atoms with Gasteiger partial charge in [0.2, 0.25) is 0 Å². The fourth-order valence-electron chi connectivity index (χ4n) is 4.67. The number of nitrogens with one attached hydrogen (secondary N) is 1. The molecule has 1 heterocycles. The summed E-state index contributed by atoms with van der Waals surface area (Å²) in [5.41, 5.74) is 0.309. The maximum atomic E-state index is 6.41. The van der Waals surface area contributed by atoms with Crippen LogP contribution < -0.4 is 5.32 Å². The first-order chi connectivity index (χ1) is 9.31. The highest BCUT2D eigenvalue weighted by Gasteiger charge is 2.42. The van der Waals surface area contributed by atoms with Crippen LogP contribution in [0.15, 0.2) is 0 Å². The zero-order valence-electron chi connectivity index (χ0n) is 12.6. The molecule has 3 fully saturated rings. The Morgan fingerprint density at radius 3 is 2.58 bits per heavy atom. The summed E-state index contributed by atoms with van der Waals surface area (Å²) in [6.45, 7) is 3.45. The summed E-state index contributed by atoms with van der Waals surface area (Å²) in [5.74, 6) is 0.913. The molecule has 1 N–H and O–H groups in total. The summed E-state index contributed by atoms with van der Waals surface area (Å²) in [4.78, 5) is 0. The predicted molar refractivity (Wildman–Crippen MR) is 79.3 cm³/mol. The molecule has 0 aromatic carbocycles. The lowest BCUT2D eigenvalue weighted by atomic mass is 9.83. The lowest BCUT2D eigenvalue weighted by Crippen LogP contribution is -2.42. The zero-order valence-corrected chi connectivity index (χ0v) is 12.6. The van der Waals surface area contributed by atoms with Gasteiger partial charge in [0.05, 0.1) is 11.7 Å². The molecule has 3 rings (SSSR count). The first-order valence-corrected chi connectivity index (χ1v) is 8.72. The normalized spacial score (nSPS) is 38.1. The van der Waals surface area contributed by atoms with Crippen molar-refractivity contribution in [3.63, 3.8) is 0 Å². The van der Waals surface area contributed by atoms with Gasteiger partial charge in [-0.05, 0) is 44.4 Å². The highest BCUT2D eigenvalue weighted by molar-refractivity contribution is 4.93. The second-order valence-corrected chi connectivity index (χ2v) is 7.14. The third kappa shape index (κ3) is 3.16. The van der Waals surface area contributed by atoms with E-state index < -0.39 is 0 Å². The van der Waals surface area contributed by atoms with E-state index in [2.05, 4.69) is 12.2 Å². The Balaban J connectivity index is 1.44. The molecule has 3 unspecified atom stereocenters. The fraction of sp³-hybridized carbons (Fsp3) is 1.00. The van der Waals surface area contributed by atoms with Gasteiger partial charge in [-0.25, -0.2) is 0 Å². The van der Waals surface area contributed by atoms with Crippen molar-refractivity contribution in [2.24, 2.45) is 5.92 Å². The van der Waals surface area contributed by atoms with Crippen LogP contribution in [0.5, 0.6) is 0 Å². The van der Waals surface area contributed by atoms with E-state index in [1.807, 2.05) is 0 Å². The molecule has 3 atom stereocenters. The van der Waals surface area contributed by atoms with Crippen LogP contribution in [0.1, 0.15) is 77.6 Å². The molecule has 19 heavy (non-hydrogen) atoms. The number of hydrogen-bond acceptors (Lipinski definition) is 2. The van der Waals surface area contributed by atoms with Gasteiger partial charge in [0.15, 0.2) is 0 Å². The summed E-state index contributed by atoms with van der Waals surface area (Å²) >= 11 is 0. The summed E-state index contributed by atoms with van der Waals surface area (Å²) < 4.78 is 6.41. The van der Waals surface area contributed by atoms with Gasteiger partial charge in [-0.15, -0.1) is 0 Å². The van der Waals surface area contributed by atoms with Gasteiger partial charge >= 0.3 is 0 Å². The highest BCUT2D eigenvalue weighted by Crippen LogP contribution is 2.43. The van der Waals surface area contributed by atoms with Gasteiger partial charge in [0.1, 0.15) is 0 Å². The van der Waals surface area contributed by atoms with Crippen LogP contribution in [0, 0.1) is 5.92 Å². The molecule has 0 amide bonds. The van der Waals surface area contributed by atoms with E-state index in [0.717, 1.165) is 18.5 Å². The molecule has 1 saturated heterocycles. The Hall–Kier alpha value is -0.0800. The molecule has 2 nitrogen and oxygen atoms in total. The van der Waals surface area contributed by atoms with Crippen LogP contribution >= 0.6 is 0 Å². The Morgan fingerprint density at radius 2 is 1.79 bits per heavy atom. The predicted octanol–water partition coefficient (Wildman–Crippen LogP) is 4.04. The van der Waals surface area contributed by atoms with Crippen molar-refractivity contribution in [2.45, 2.75) is 95.3 Å². The smallest absolute Gasteiger partial charge is 0.0708 e. The Labute approximate surface area is 118 Å². The van der Waals surface area contributed by atoms with Crippen LogP contribution in [0.3, 0.4) is 0 Å². The van der Waals surface area contributed by atoms with Crippen molar-refractivity contribution in [1.29, 1.82) is 0 Å². The third-order valence-corrected chi connectivity index (χ3v) is 5.89. The minimum atomic E-state index is 0.309. The van der Waals surface area contributed by atoms with Crippen molar-refractivity contribution in [3.05, 3.63) is 0 Å². The largest absolute Gasteiger partial charge is 0.370 e. The van der Waals surface area contributed by atoms with Crippen LogP contribution in [0.25, 0.3) is 0 Å². The molecule has 3 aliphatic rings. The molecular weight excluding hydrogens is 234 g/mol. The van der Waals surface area contributed by atoms with Crippen molar-refractivity contribution in [2.75, 3.05) is 6.54 Å². The molecular formula is C17H31NO. The molecule has 0 radical (unpaired) electrons. The average molecular weight is 265 g/mol. The molecule has 0 aromatic heterocycles. The van der Waals surface area contributed by atoms with Gasteiger partial charge in [0, 0.05) is 12.6 Å². The van der Waals surface area contributed by atoms with Crippen molar-refractivity contribution in [3.8, 4) is 0 Å². The van der Waals surface area contributed by atoms with E-state index in [-0.39, 0.29) is 0 Å². The van der Waals surface area contributed by atoms with E-state index in [9.17, 15) is 0 Å². The first kappa shape index (κ1) is 13.9. The van der Waals surface area contributed by atoms with Gasteiger partial charge in [-0.3, -0.25) is 0 Å². The first-order valence-electron chi connectivity index (χ1n) is 8.72. The van der Waals surface area contributed by atoms with E-state index >= 15 is 0 Å². The minimum absolute atomic E-state index is 0.309. The SMILES string of the molecule is CCC1CCCCC1NCC1CCC2(CCCC2)O1. The summed E-state index contributed by atoms with van der Waals surface area (Å²) in [6.07, 6.45) is 15.6. The summed E-state index contributed by atoms with van der Waals surface area (Å²) in [5, 5.41) is 3.85. The lowest BCUT2D eigenvalue weighted by molar-refractivity contribution is -0.0368. The third-order valence-electron chi connectivity index (χ3n) is 5.89. The van der Waals surface area contributed by atoms with E-state index in [0.29, 0.717) is 11.7 Å². The molecule has 2 aliphatic carbocycles. The lowest BCUT2D eigenvalue weighted by Gasteiger charge is -2.33. The maximum Gasteiger partial charge on any atom is 0.0708 e. The molecule has 1 aliphatic heterocycles.